The Balaban J connectivity index is 1.72. The smallest absolute Gasteiger partial charge is 0.0389 e. The van der Waals surface area contributed by atoms with E-state index in [9.17, 15) is 0 Å². The standard InChI is InChI=1S/C23H18N2S/c1-2-4-21-19(3-1)20-9-14-26-22(20)23(21,15-17-5-10-24-11-6-17)16-18-7-12-25-13-8-18/h1-14H,15-16H2. The second-order valence-electron chi connectivity index (χ2n) is 6.86. The zero-order valence-electron chi connectivity index (χ0n) is 14.3. The van der Waals surface area contributed by atoms with Crippen molar-refractivity contribution in [2.24, 2.45) is 0 Å². The van der Waals surface area contributed by atoms with Crippen molar-refractivity contribution in [3.63, 3.8) is 0 Å². The highest BCUT2D eigenvalue weighted by Crippen LogP contribution is 2.54. The van der Waals surface area contributed by atoms with Gasteiger partial charge in [0.2, 0.25) is 0 Å². The van der Waals surface area contributed by atoms with Crippen LogP contribution in [0, 0.1) is 0 Å². The second-order valence-corrected chi connectivity index (χ2v) is 7.77. The van der Waals surface area contributed by atoms with Gasteiger partial charge in [-0.05, 0) is 76.4 Å². The zero-order valence-corrected chi connectivity index (χ0v) is 15.1. The molecule has 0 amide bonds. The minimum Gasteiger partial charge on any atom is -0.265 e. The number of nitrogens with zero attached hydrogens (tertiary/aromatic N) is 2. The lowest BCUT2D eigenvalue weighted by Crippen LogP contribution is -2.30. The van der Waals surface area contributed by atoms with Crippen LogP contribution < -0.4 is 0 Å². The maximum atomic E-state index is 4.20. The molecule has 0 N–H and O–H groups in total. The number of fused-ring (bicyclic) bond motifs is 3. The van der Waals surface area contributed by atoms with Crippen LogP contribution in [-0.2, 0) is 18.3 Å². The molecule has 5 rings (SSSR count). The Hall–Kier alpha value is -2.78. The molecule has 1 aromatic carbocycles. The fourth-order valence-corrected chi connectivity index (χ4v) is 5.39. The normalized spacial score (nSPS) is 14.0. The molecule has 0 radical (unpaired) electrons. The number of thiophene rings is 1. The Morgan fingerprint density at radius 3 is 1.96 bits per heavy atom. The fourth-order valence-electron chi connectivity index (χ4n) is 4.26. The molecule has 26 heavy (non-hydrogen) atoms. The van der Waals surface area contributed by atoms with Gasteiger partial charge in [-0.15, -0.1) is 11.3 Å². The molecule has 0 saturated carbocycles. The van der Waals surface area contributed by atoms with E-state index in [1.807, 2.05) is 36.1 Å². The molecule has 4 aromatic rings. The average molecular weight is 354 g/mol. The minimum absolute atomic E-state index is 0.0389. The third kappa shape index (κ3) is 2.39. The zero-order chi connectivity index (χ0) is 17.4. The van der Waals surface area contributed by atoms with Crippen LogP contribution in [0.3, 0.4) is 0 Å². The first-order chi connectivity index (χ1) is 12.9. The van der Waals surface area contributed by atoms with E-state index in [2.05, 4.69) is 69.9 Å². The lowest BCUT2D eigenvalue weighted by Gasteiger charge is -2.31. The summed E-state index contributed by atoms with van der Waals surface area (Å²) in [6.07, 6.45) is 9.53. The van der Waals surface area contributed by atoms with Crippen LogP contribution >= 0.6 is 11.3 Å². The molecule has 3 heterocycles. The topological polar surface area (TPSA) is 25.8 Å². The van der Waals surface area contributed by atoms with E-state index in [1.54, 1.807) is 0 Å². The summed E-state index contributed by atoms with van der Waals surface area (Å²) in [6.45, 7) is 0. The van der Waals surface area contributed by atoms with Gasteiger partial charge < -0.3 is 0 Å². The molecule has 0 unspecified atom stereocenters. The molecule has 3 heteroatoms. The van der Waals surface area contributed by atoms with Crippen molar-refractivity contribution in [3.8, 4) is 11.1 Å². The summed E-state index contributed by atoms with van der Waals surface area (Å²) in [4.78, 5) is 9.88. The van der Waals surface area contributed by atoms with E-state index < -0.39 is 0 Å². The predicted octanol–water partition coefficient (Wildman–Crippen LogP) is 5.29. The van der Waals surface area contributed by atoms with Crippen molar-refractivity contribution < 1.29 is 0 Å². The summed E-state index contributed by atoms with van der Waals surface area (Å²) >= 11 is 1.88. The number of benzene rings is 1. The first-order valence-electron chi connectivity index (χ1n) is 8.82. The van der Waals surface area contributed by atoms with E-state index in [1.165, 1.54) is 32.7 Å². The number of hydrogen-bond donors (Lipinski definition) is 0. The van der Waals surface area contributed by atoms with Crippen LogP contribution in [0.4, 0.5) is 0 Å². The number of hydrogen-bond acceptors (Lipinski definition) is 3. The Labute approximate surface area is 157 Å². The first-order valence-corrected chi connectivity index (χ1v) is 9.70. The summed E-state index contributed by atoms with van der Waals surface area (Å²) in [5.41, 5.74) is 6.83. The third-order valence-electron chi connectivity index (χ3n) is 5.34. The van der Waals surface area contributed by atoms with Crippen LogP contribution in [0.5, 0.6) is 0 Å². The quantitative estimate of drug-likeness (QED) is 0.498. The highest BCUT2D eigenvalue weighted by atomic mass is 32.1. The highest BCUT2D eigenvalue weighted by Gasteiger charge is 2.44. The number of rotatable bonds is 4. The lowest BCUT2D eigenvalue weighted by molar-refractivity contribution is 0.529. The Kier molecular flexibility index (Phi) is 3.68. The van der Waals surface area contributed by atoms with E-state index in [0.29, 0.717) is 0 Å². The Morgan fingerprint density at radius 1 is 0.692 bits per heavy atom. The summed E-state index contributed by atoms with van der Waals surface area (Å²) in [5, 5.41) is 2.23. The molecule has 0 bridgehead atoms. The molecule has 1 aliphatic carbocycles. The molecule has 0 spiro atoms. The molecular formula is C23H18N2S. The van der Waals surface area contributed by atoms with Gasteiger partial charge in [0.25, 0.3) is 0 Å². The minimum atomic E-state index is -0.0389. The second kappa shape index (κ2) is 6.19. The van der Waals surface area contributed by atoms with Gasteiger partial charge in [0.15, 0.2) is 0 Å². The largest absolute Gasteiger partial charge is 0.265 e. The summed E-state index contributed by atoms with van der Waals surface area (Å²) in [6, 6.07) is 19.7. The van der Waals surface area contributed by atoms with Gasteiger partial charge in [-0.2, -0.15) is 0 Å². The molecule has 0 aliphatic heterocycles. The van der Waals surface area contributed by atoms with Crippen LogP contribution in [0.15, 0.2) is 84.8 Å². The predicted molar refractivity (Wildman–Crippen MR) is 106 cm³/mol. The molecule has 0 saturated heterocycles. The van der Waals surface area contributed by atoms with Crippen molar-refractivity contribution in [1.82, 2.24) is 9.97 Å². The molecule has 126 valence electrons. The van der Waals surface area contributed by atoms with Gasteiger partial charge in [-0.25, -0.2) is 0 Å². The van der Waals surface area contributed by atoms with E-state index in [0.717, 1.165) is 12.8 Å². The summed E-state index contributed by atoms with van der Waals surface area (Å²) < 4.78 is 0. The maximum absolute atomic E-state index is 4.20. The number of aromatic nitrogens is 2. The first kappa shape index (κ1) is 15.5. The molecule has 2 nitrogen and oxygen atoms in total. The van der Waals surface area contributed by atoms with Crippen molar-refractivity contribution in [2.45, 2.75) is 18.3 Å². The summed E-state index contributed by atoms with van der Waals surface area (Å²) in [5.74, 6) is 0. The van der Waals surface area contributed by atoms with Gasteiger partial charge in [0.05, 0.1) is 0 Å². The highest BCUT2D eigenvalue weighted by molar-refractivity contribution is 7.10. The van der Waals surface area contributed by atoms with Crippen molar-refractivity contribution in [3.05, 3.63) is 106 Å². The molecule has 0 atom stereocenters. The van der Waals surface area contributed by atoms with Crippen molar-refractivity contribution >= 4 is 11.3 Å². The van der Waals surface area contributed by atoms with Crippen molar-refractivity contribution in [1.29, 1.82) is 0 Å². The molecule has 3 aromatic heterocycles. The average Bonchev–Trinajstić information content (AvgIpc) is 3.27. The van der Waals surface area contributed by atoms with Gasteiger partial charge in [0.1, 0.15) is 0 Å². The SMILES string of the molecule is c1ccc2c(c1)-c1ccsc1C2(Cc1ccncc1)Cc1ccncc1. The van der Waals surface area contributed by atoms with Crippen LogP contribution in [-0.4, -0.2) is 9.97 Å². The van der Waals surface area contributed by atoms with Crippen LogP contribution in [0.25, 0.3) is 11.1 Å². The van der Waals surface area contributed by atoms with Gasteiger partial charge >= 0.3 is 0 Å². The van der Waals surface area contributed by atoms with Crippen LogP contribution in [0.2, 0.25) is 0 Å². The van der Waals surface area contributed by atoms with E-state index >= 15 is 0 Å². The Bertz CT molecular complexity index is 997. The maximum Gasteiger partial charge on any atom is 0.0389 e. The van der Waals surface area contributed by atoms with Gasteiger partial charge in [0, 0.05) is 35.1 Å². The molecule has 0 fully saturated rings. The monoisotopic (exact) mass is 354 g/mol. The van der Waals surface area contributed by atoms with E-state index in [-0.39, 0.29) is 5.41 Å². The number of pyridine rings is 2. The Morgan fingerprint density at radius 2 is 1.31 bits per heavy atom. The van der Waals surface area contributed by atoms with Gasteiger partial charge in [-0.1, -0.05) is 24.3 Å². The third-order valence-corrected chi connectivity index (χ3v) is 6.46. The summed E-state index contributed by atoms with van der Waals surface area (Å²) in [7, 11) is 0. The van der Waals surface area contributed by atoms with Crippen LogP contribution in [0.1, 0.15) is 21.6 Å². The fraction of sp³-hybridized carbons (Fsp3) is 0.130. The van der Waals surface area contributed by atoms with Crippen molar-refractivity contribution in [2.75, 3.05) is 0 Å². The van der Waals surface area contributed by atoms with E-state index in [4.69, 9.17) is 0 Å². The molecular weight excluding hydrogens is 336 g/mol. The molecule has 1 aliphatic rings. The lowest BCUT2D eigenvalue weighted by atomic mass is 9.73. The van der Waals surface area contributed by atoms with Gasteiger partial charge in [-0.3, -0.25) is 9.97 Å².